The van der Waals surface area contributed by atoms with E-state index in [0.717, 1.165) is 39.5 Å². The van der Waals surface area contributed by atoms with Crippen molar-refractivity contribution in [3.63, 3.8) is 0 Å². The Labute approximate surface area is 251 Å². The second-order valence-corrected chi connectivity index (χ2v) is 10.8. The van der Waals surface area contributed by atoms with Crippen LogP contribution < -0.4 is 4.90 Å². The number of para-hydroxylation sites is 3. The lowest BCUT2D eigenvalue weighted by molar-refractivity contribution is 1.12. The molecule has 7 aromatic rings. The van der Waals surface area contributed by atoms with Gasteiger partial charge in [0.1, 0.15) is 5.82 Å². The minimum absolute atomic E-state index is 0.868. The van der Waals surface area contributed by atoms with Crippen molar-refractivity contribution in [1.29, 1.82) is 0 Å². The number of rotatable bonds is 4. The van der Waals surface area contributed by atoms with E-state index in [9.17, 15) is 0 Å². The van der Waals surface area contributed by atoms with Crippen LogP contribution in [0.25, 0.3) is 61.9 Å². The smallest absolute Gasteiger partial charge is 0.139 e. The molecule has 2 aromatic heterocycles. The monoisotopic (exact) mass is 551 g/mol. The highest BCUT2D eigenvalue weighted by atomic mass is 15.2. The van der Waals surface area contributed by atoms with Crippen LogP contribution in [-0.2, 0) is 0 Å². The summed E-state index contributed by atoms with van der Waals surface area (Å²) in [6, 6.07) is 43.3. The van der Waals surface area contributed by atoms with Gasteiger partial charge in [-0.25, -0.2) is 4.98 Å². The van der Waals surface area contributed by atoms with Gasteiger partial charge in [0.2, 0.25) is 0 Å². The van der Waals surface area contributed by atoms with Gasteiger partial charge in [0.15, 0.2) is 0 Å². The Hall–Kier alpha value is -5.67. The maximum atomic E-state index is 5.00. The molecule has 0 spiro atoms. The number of nitrogens with zero attached hydrogens (tertiary/aromatic N) is 3. The van der Waals surface area contributed by atoms with Gasteiger partial charge in [0.05, 0.1) is 28.1 Å². The van der Waals surface area contributed by atoms with E-state index in [1.807, 2.05) is 12.3 Å². The fourth-order valence-corrected chi connectivity index (χ4v) is 6.70. The molecule has 3 heteroatoms. The fourth-order valence-electron chi connectivity index (χ4n) is 6.70. The Morgan fingerprint density at radius 1 is 0.651 bits per heavy atom. The molecule has 43 heavy (non-hydrogen) atoms. The van der Waals surface area contributed by atoms with Gasteiger partial charge in [-0.2, -0.15) is 0 Å². The number of hydrogen-bond donors (Lipinski definition) is 0. The van der Waals surface area contributed by atoms with Crippen molar-refractivity contribution in [2.75, 3.05) is 4.90 Å². The molecule has 0 fully saturated rings. The number of pyridine rings is 1. The third-order valence-electron chi connectivity index (χ3n) is 8.48. The molecule has 3 nitrogen and oxygen atoms in total. The second kappa shape index (κ2) is 10.0. The number of fused-ring (bicyclic) bond motifs is 8. The van der Waals surface area contributed by atoms with Crippen molar-refractivity contribution in [1.82, 2.24) is 9.55 Å². The molecular formula is C40H29N3. The third kappa shape index (κ3) is 3.79. The summed E-state index contributed by atoms with van der Waals surface area (Å²) in [5, 5.41) is 2.44. The van der Waals surface area contributed by atoms with E-state index < -0.39 is 0 Å². The zero-order valence-electron chi connectivity index (χ0n) is 23.9. The quantitative estimate of drug-likeness (QED) is 0.217. The molecule has 0 radical (unpaired) electrons. The van der Waals surface area contributed by atoms with Crippen molar-refractivity contribution in [2.45, 2.75) is 6.92 Å². The lowest BCUT2D eigenvalue weighted by Crippen LogP contribution is -2.13. The van der Waals surface area contributed by atoms with Gasteiger partial charge in [-0.15, -0.1) is 0 Å². The minimum atomic E-state index is 0.868. The Balaban J connectivity index is 1.41. The van der Waals surface area contributed by atoms with Gasteiger partial charge in [0, 0.05) is 34.2 Å². The van der Waals surface area contributed by atoms with Crippen LogP contribution >= 0.6 is 0 Å². The van der Waals surface area contributed by atoms with Crippen molar-refractivity contribution in [2.24, 2.45) is 0 Å². The molecule has 1 aliphatic heterocycles. The number of aromatic nitrogens is 2. The molecule has 204 valence electrons. The standard InChI is InChI=1S/C40H29N3/c1-3-13-29-27(4-2)22-23-38-40(29)34-18-9-12-21-37(34)42(38)28-24-25-41-39(26-28)43-35-19-10-7-16-32(35)30-14-5-6-15-31(30)33-17-8-11-20-36(33)43/h3-26H,2H2,1H3/b13-3-. The van der Waals surface area contributed by atoms with Crippen molar-refractivity contribution in [3.8, 4) is 27.9 Å². The summed E-state index contributed by atoms with van der Waals surface area (Å²) >= 11 is 0. The molecule has 5 aromatic carbocycles. The average Bonchev–Trinajstić information content (AvgIpc) is 3.34. The average molecular weight is 552 g/mol. The first-order chi connectivity index (χ1) is 21.3. The molecule has 8 rings (SSSR count). The normalized spacial score (nSPS) is 12.3. The van der Waals surface area contributed by atoms with Gasteiger partial charge in [0.25, 0.3) is 0 Å². The molecule has 0 bridgehead atoms. The Morgan fingerprint density at radius 3 is 1.95 bits per heavy atom. The number of allylic oxidation sites excluding steroid dienone is 1. The predicted molar refractivity (Wildman–Crippen MR) is 182 cm³/mol. The van der Waals surface area contributed by atoms with Crippen LogP contribution in [0.5, 0.6) is 0 Å². The lowest BCUT2D eigenvalue weighted by atomic mass is 9.95. The maximum Gasteiger partial charge on any atom is 0.139 e. The summed E-state index contributed by atoms with van der Waals surface area (Å²) in [4.78, 5) is 7.31. The molecular weight excluding hydrogens is 522 g/mol. The summed E-state index contributed by atoms with van der Waals surface area (Å²) in [7, 11) is 0. The van der Waals surface area contributed by atoms with E-state index >= 15 is 0 Å². The van der Waals surface area contributed by atoms with Gasteiger partial charge in [-0.05, 0) is 59.5 Å². The van der Waals surface area contributed by atoms with E-state index in [1.165, 1.54) is 38.6 Å². The topological polar surface area (TPSA) is 21.1 Å². The molecule has 1 aliphatic rings. The highest BCUT2D eigenvalue weighted by Gasteiger charge is 2.26. The van der Waals surface area contributed by atoms with Crippen LogP contribution in [0.3, 0.4) is 0 Å². The first-order valence-corrected chi connectivity index (χ1v) is 14.6. The summed E-state index contributed by atoms with van der Waals surface area (Å²) < 4.78 is 2.36. The Morgan fingerprint density at radius 2 is 1.28 bits per heavy atom. The minimum Gasteiger partial charge on any atom is -0.309 e. The van der Waals surface area contributed by atoms with Crippen LogP contribution in [0.1, 0.15) is 18.1 Å². The van der Waals surface area contributed by atoms with E-state index in [-0.39, 0.29) is 0 Å². The molecule has 0 atom stereocenters. The van der Waals surface area contributed by atoms with Crippen LogP contribution in [-0.4, -0.2) is 9.55 Å². The largest absolute Gasteiger partial charge is 0.309 e. The molecule has 3 heterocycles. The van der Waals surface area contributed by atoms with Gasteiger partial charge in [-0.3, -0.25) is 4.90 Å². The fraction of sp³-hybridized carbons (Fsp3) is 0.0250. The van der Waals surface area contributed by atoms with E-state index in [4.69, 9.17) is 4.98 Å². The lowest BCUT2D eigenvalue weighted by Gasteiger charge is -2.26. The van der Waals surface area contributed by atoms with Gasteiger partial charge >= 0.3 is 0 Å². The zero-order valence-corrected chi connectivity index (χ0v) is 23.9. The van der Waals surface area contributed by atoms with Crippen LogP contribution in [0.15, 0.2) is 140 Å². The first-order valence-electron chi connectivity index (χ1n) is 14.6. The van der Waals surface area contributed by atoms with Gasteiger partial charge in [-0.1, -0.05) is 110 Å². The third-order valence-corrected chi connectivity index (χ3v) is 8.48. The predicted octanol–water partition coefficient (Wildman–Crippen LogP) is 11.0. The Bertz CT molecular complexity index is 2170. The summed E-state index contributed by atoms with van der Waals surface area (Å²) in [6.07, 6.45) is 8.17. The van der Waals surface area contributed by atoms with E-state index in [2.05, 4.69) is 156 Å². The first kappa shape index (κ1) is 25.1. The summed E-state index contributed by atoms with van der Waals surface area (Å²) in [5.41, 5.74) is 12.7. The van der Waals surface area contributed by atoms with E-state index in [1.54, 1.807) is 0 Å². The van der Waals surface area contributed by atoms with E-state index in [0.29, 0.717) is 0 Å². The molecule has 0 N–H and O–H groups in total. The molecule has 0 unspecified atom stereocenters. The van der Waals surface area contributed by atoms with Crippen LogP contribution in [0.2, 0.25) is 0 Å². The number of benzene rings is 5. The van der Waals surface area contributed by atoms with Gasteiger partial charge < -0.3 is 4.57 Å². The molecule has 0 saturated carbocycles. The molecule has 0 aliphatic carbocycles. The van der Waals surface area contributed by atoms with Crippen molar-refractivity contribution >= 4 is 51.2 Å². The maximum absolute atomic E-state index is 5.00. The number of hydrogen-bond acceptors (Lipinski definition) is 2. The Kier molecular flexibility index (Phi) is 5.83. The highest BCUT2D eigenvalue weighted by Crippen LogP contribution is 2.50. The van der Waals surface area contributed by atoms with Crippen LogP contribution in [0.4, 0.5) is 17.2 Å². The summed E-state index contributed by atoms with van der Waals surface area (Å²) in [6.45, 7) is 6.16. The summed E-state index contributed by atoms with van der Waals surface area (Å²) in [5.74, 6) is 0.868. The molecule has 0 saturated heterocycles. The van der Waals surface area contributed by atoms with Crippen molar-refractivity contribution < 1.29 is 0 Å². The number of anilines is 3. The molecule has 0 amide bonds. The van der Waals surface area contributed by atoms with Crippen molar-refractivity contribution in [3.05, 3.63) is 151 Å². The van der Waals surface area contributed by atoms with Crippen LogP contribution in [0, 0.1) is 0 Å². The highest BCUT2D eigenvalue weighted by molar-refractivity contribution is 6.14. The SMILES string of the molecule is C=Cc1ccc2c(c1/C=C\C)c1ccccc1n2-c1ccnc(N2c3ccccc3-c3ccccc3-c3ccccc32)c1. The second-order valence-electron chi connectivity index (χ2n) is 10.8. The zero-order chi connectivity index (χ0) is 28.9.